The van der Waals surface area contributed by atoms with Gasteiger partial charge in [0.1, 0.15) is 11.6 Å². The molecule has 0 unspecified atom stereocenters. The normalized spacial score (nSPS) is 11.7. The maximum Gasteiger partial charge on any atom is 0.208 e. The van der Waals surface area contributed by atoms with Gasteiger partial charge in [0.15, 0.2) is 0 Å². The first kappa shape index (κ1) is 18.5. The molecule has 28 heavy (non-hydrogen) atoms. The molecule has 0 saturated heterocycles. The molecule has 0 radical (unpaired) electrons. The van der Waals surface area contributed by atoms with E-state index in [2.05, 4.69) is 4.98 Å². The van der Waals surface area contributed by atoms with Crippen LogP contribution in [0, 0.1) is 11.6 Å². The van der Waals surface area contributed by atoms with Crippen LogP contribution in [0.3, 0.4) is 0 Å². The van der Waals surface area contributed by atoms with Crippen LogP contribution >= 0.6 is 11.6 Å². The molecule has 0 N–H and O–H groups in total. The molecule has 1 aromatic heterocycles. The molecule has 0 aliphatic rings. The van der Waals surface area contributed by atoms with Crippen LogP contribution in [0.2, 0.25) is 5.02 Å². The van der Waals surface area contributed by atoms with Gasteiger partial charge in [-0.15, -0.1) is 0 Å². The zero-order valence-electron chi connectivity index (χ0n) is 14.2. The van der Waals surface area contributed by atoms with E-state index >= 15 is 0 Å². The predicted molar refractivity (Wildman–Crippen MR) is 104 cm³/mol. The molecule has 0 aliphatic heterocycles. The number of rotatable bonds is 3. The zero-order valence-corrected chi connectivity index (χ0v) is 15.8. The third-order valence-corrected chi connectivity index (χ3v) is 6.28. The second kappa shape index (κ2) is 6.96. The van der Waals surface area contributed by atoms with E-state index in [1.165, 1.54) is 42.5 Å². The van der Waals surface area contributed by atoms with Crippen molar-refractivity contribution in [1.82, 2.24) is 4.98 Å². The Kier molecular flexibility index (Phi) is 4.61. The Bertz CT molecular complexity index is 1310. The van der Waals surface area contributed by atoms with Crippen molar-refractivity contribution >= 4 is 32.3 Å². The van der Waals surface area contributed by atoms with Gasteiger partial charge in [-0.2, -0.15) is 0 Å². The summed E-state index contributed by atoms with van der Waals surface area (Å²) in [5.74, 6) is -1.15. The average Bonchev–Trinajstić information content (AvgIpc) is 2.67. The van der Waals surface area contributed by atoms with Gasteiger partial charge in [0.2, 0.25) is 9.84 Å². The van der Waals surface area contributed by atoms with Crippen LogP contribution in [0.15, 0.2) is 82.6 Å². The van der Waals surface area contributed by atoms with Gasteiger partial charge in [0, 0.05) is 22.0 Å². The van der Waals surface area contributed by atoms with Crippen molar-refractivity contribution in [3.05, 3.63) is 89.5 Å². The van der Waals surface area contributed by atoms with E-state index in [0.29, 0.717) is 21.5 Å². The number of nitrogens with zero attached hydrogens (tertiary/aromatic N) is 1. The Morgan fingerprint density at radius 1 is 0.821 bits per heavy atom. The summed E-state index contributed by atoms with van der Waals surface area (Å²) in [5.41, 5.74) is 0.938. The fraction of sp³-hybridized carbons (Fsp3) is 0. The first-order chi connectivity index (χ1) is 13.3. The van der Waals surface area contributed by atoms with Crippen LogP contribution in [0.5, 0.6) is 0 Å². The van der Waals surface area contributed by atoms with E-state index < -0.39 is 21.5 Å². The highest BCUT2D eigenvalue weighted by molar-refractivity contribution is 7.91. The molecule has 140 valence electrons. The summed E-state index contributed by atoms with van der Waals surface area (Å²) in [6.07, 6.45) is 0. The number of pyridine rings is 1. The number of aromatic nitrogens is 1. The summed E-state index contributed by atoms with van der Waals surface area (Å²) < 4.78 is 53.8. The lowest BCUT2D eigenvalue weighted by molar-refractivity contribution is 0.591. The summed E-state index contributed by atoms with van der Waals surface area (Å²) in [7, 11) is -4.08. The monoisotopic (exact) mass is 415 g/mol. The predicted octanol–water partition coefficient (Wildman–Crippen LogP) is 5.67. The van der Waals surface area contributed by atoms with Crippen LogP contribution in [-0.2, 0) is 9.84 Å². The van der Waals surface area contributed by atoms with Crippen LogP contribution in [-0.4, -0.2) is 13.4 Å². The van der Waals surface area contributed by atoms with Gasteiger partial charge < -0.3 is 0 Å². The third-order valence-electron chi connectivity index (χ3n) is 4.26. The quantitative estimate of drug-likeness (QED) is 0.433. The Balaban J connectivity index is 2.04. The molecule has 7 heteroatoms. The molecule has 4 aromatic rings. The van der Waals surface area contributed by atoms with Crippen LogP contribution in [0.4, 0.5) is 8.78 Å². The molecule has 0 spiro atoms. The van der Waals surface area contributed by atoms with E-state index in [1.807, 2.05) is 0 Å². The second-order valence-corrected chi connectivity index (χ2v) is 8.49. The third kappa shape index (κ3) is 3.37. The highest BCUT2D eigenvalue weighted by Crippen LogP contribution is 2.33. The number of hydrogen-bond donors (Lipinski definition) is 0. The first-order valence-electron chi connectivity index (χ1n) is 8.21. The minimum Gasteiger partial charge on any atom is -0.246 e. The minimum atomic E-state index is -4.08. The molecule has 4 rings (SSSR count). The van der Waals surface area contributed by atoms with E-state index in [9.17, 15) is 17.2 Å². The summed E-state index contributed by atoms with van der Waals surface area (Å²) in [6, 6.07) is 16.6. The Labute approximate surface area is 165 Å². The van der Waals surface area contributed by atoms with Crippen molar-refractivity contribution in [2.45, 2.75) is 9.79 Å². The van der Waals surface area contributed by atoms with Gasteiger partial charge in [0.25, 0.3) is 0 Å². The molecule has 3 aromatic carbocycles. The topological polar surface area (TPSA) is 47.0 Å². The van der Waals surface area contributed by atoms with Gasteiger partial charge >= 0.3 is 0 Å². The van der Waals surface area contributed by atoms with Crippen LogP contribution in [0.1, 0.15) is 0 Å². The molecule has 0 saturated carbocycles. The van der Waals surface area contributed by atoms with Crippen molar-refractivity contribution in [2.75, 3.05) is 0 Å². The Morgan fingerprint density at radius 3 is 2.25 bits per heavy atom. The molecular formula is C21H12ClF2NO2S. The van der Waals surface area contributed by atoms with Crippen LogP contribution < -0.4 is 0 Å². The van der Waals surface area contributed by atoms with Crippen LogP contribution in [0.25, 0.3) is 22.2 Å². The lowest BCUT2D eigenvalue weighted by Gasteiger charge is -2.12. The smallest absolute Gasteiger partial charge is 0.208 e. The van der Waals surface area contributed by atoms with E-state index in [1.54, 1.807) is 24.3 Å². The molecule has 1 heterocycles. The van der Waals surface area contributed by atoms with Crippen molar-refractivity contribution in [3.8, 4) is 11.3 Å². The number of hydrogen-bond acceptors (Lipinski definition) is 3. The SMILES string of the molecule is O=S(=O)(c1cccc(F)c1)c1cc2ccc(F)cc2nc1-c1ccc(Cl)cc1. The number of benzene rings is 3. The molecule has 0 fully saturated rings. The largest absolute Gasteiger partial charge is 0.246 e. The number of halogens is 3. The highest BCUT2D eigenvalue weighted by Gasteiger charge is 2.24. The Morgan fingerprint density at radius 2 is 1.54 bits per heavy atom. The van der Waals surface area contributed by atoms with Crippen molar-refractivity contribution < 1.29 is 17.2 Å². The minimum absolute atomic E-state index is 0.0977. The molecule has 0 atom stereocenters. The average molecular weight is 416 g/mol. The lowest BCUT2D eigenvalue weighted by Crippen LogP contribution is -2.06. The summed E-state index contributed by atoms with van der Waals surface area (Å²) >= 11 is 5.93. The maximum absolute atomic E-state index is 13.7. The summed E-state index contributed by atoms with van der Waals surface area (Å²) in [6.45, 7) is 0. The zero-order chi connectivity index (χ0) is 19.9. The molecule has 0 bridgehead atoms. The van der Waals surface area contributed by atoms with Gasteiger partial charge in [-0.25, -0.2) is 22.2 Å². The van der Waals surface area contributed by atoms with E-state index in [0.717, 1.165) is 6.07 Å². The molecular weight excluding hydrogens is 404 g/mol. The maximum atomic E-state index is 13.7. The molecule has 0 aliphatic carbocycles. The lowest BCUT2D eigenvalue weighted by atomic mass is 10.1. The standard InChI is InChI=1S/C21H12ClF2NO2S/c22-15-7-4-13(5-8-15)21-20(10-14-6-9-17(24)12-19(14)25-21)28(26,27)18-3-1-2-16(23)11-18/h1-12H. The fourth-order valence-corrected chi connectivity index (χ4v) is 4.51. The number of fused-ring (bicyclic) bond motifs is 1. The molecule has 0 amide bonds. The van der Waals surface area contributed by atoms with Gasteiger partial charge in [-0.3, -0.25) is 0 Å². The van der Waals surface area contributed by atoms with Crippen molar-refractivity contribution in [3.63, 3.8) is 0 Å². The van der Waals surface area contributed by atoms with Crippen molar-refractivity contribution in [1.29, 1.82) is 0 Å². The summed E-state index contributed by atoms with van der Waals surface area (Å²) in [5, 5.41) is 0.930. The highest BCUT2D eigenvalue weighted by atomic mass is 35.5. The van der Waals surface area contributed by atoms with E-state index in [4.69, 9.17) is 11.6 Å². The Hall–Kier alpha value is -2.83. The number of sulfone groups is 1. The second-order valence-electron chi connectivity index (χ2n) is 6.14. The van der Waals surface area contributed by atoms with Gasteiger partial charge in [-0.05, 0) is 48.5 Å². The van der Waals surface area contributed by atoms with Gasteiger partial charge in [0.05, 0.1) is 21.0 Å². The van der Waals surface area contributed by atoms with E-state index in [-0.39, 0.29) is 15.5 Å². The first-order valence-corrected chi connectivity index (χ1v) is 10.1. The van der Waals surface area contributed by atoms with Gasteiger partial charge in [-0.1, -0.05) is 29.8 Å². The molecule has 3 nitrogen and oxygen atoms in total. The van der Waals surface area contributed by atoms with Crippen molar-refractivity contribution in [2.24, 2.45) is 0 Å². The fourth-order valence-electron chi connectivity index (χ4n) is 2.90. The summed E-state index contributed by atoms with van der Waals surface area (Å²) in [4.78, 5) is 4.11.